The molecule has 0 spiro atoms. The van der Waals surface area contributed by atoms with Gasteiger partial charge in [-0.2, -0.15) is 0 Å². The molecule has 4 N–H and O–H groups in total. The average Bonchev–Trinajstić information content (AvgIpc) is 3.26. The number of carbonyl (C=O) groups is 3. The monoisotopic (exact) mass is 414 g/mol. The molecule has 0 radical (unpaired) electrons. The standard InChI is InChI=1S/C21H23FN4O4/c22-15-3-1-4-17(13-15)26-21(29)25-16-8-6-14(7-9-16)19(27)23-10-11-24-20(28)18-5-2-12-30-18/h1,3-4,6-9,13,18H,2,5,10-12H2,(H,23,27)(H,24,28)(H2,25,26,29). The molecule has 3 rings (SSSR count). The average molecular weight is 414 g/mol. The highest BCUT2D eigenvalue weighted by atomic mass is 19.1. The van der Waals surface area contributed by atoms with Gasteiger partial charge in [-0.3, -0.25) is 9.59 Å². The Labute approximate surface area is 173 Å². The van der Waals surface area contributed by atoms with Gasteiger partial charge >= 0.3 is 6.03 Å². The minimum atomic E-state index is -0.528. The summed E-state index contributed by atoms with van der Waals surface area (Å²) in [5.74, 6) is -0.902. The first-order chi connectivity index (χ1) is 14.5. The number of rotatable bonds is 7. The van der Waals surface area contributed by atoms with Crippen molar-refractivity contribution in [3.8, 4) is 0 Å². The Bertz CT molecular complexity index is 898. The van der Waals surface area contributed by atoms with Gasteiger partial charge in [0.1, 0.15) is 11.9 Å². The summed E-state index contributed by atoms with van der Waals surface area (Å²) >= 11 is 0. The van der Waals surface area contributed by atoms with Gasteiger partial charge in [0.05, 0.1) is 0 Å². The van der Waals surface area contributed by atoms with Gasteiger partial charge in [-0.1, -0.05) is 6.07 Å². The third-order valence-corrected chi connectivity index (χ3v) is 4.42. The van der Waals surface area contributed by atoms with Crippen LogP contribution >= 0.6 is 0 Å². The van der Waals surface area contributed by atoms with Gasteiger partial charge in [-0.25, -0.2) is 9.18 Å². The molecule has 0 saturated carbocycles. The fourth-order valence-corrected chi connectivity index (χ4v) is 2.93. The quantitative estimate of drug-likeness (QED) is 0.522. The maximum atomic E-state index is 13.2. The predicted molar refractivity (Wildman–Crippen MR) is 110 cm³/mol. The van der Waals surface area contributed by atoms with Gasteiger partial charge in [0.25, 0.3) is 5.91 Å². The molecule has 0 aromatic heterocycles. The molecule has 30 heavy (non-hydrogen) atoms. The minimum Gasteiger partial charge on any atom is -0.368 e. The van der Waals surface area contributed by atoms with Crippen molar-refractivity contribution in [2.24, 2.45) is 0 Å². The lowest BCUT2D eigenvalue weighted by molar-refractivity contribution is -0.129. The van der Waals surface area contributed by atoms with Crippen molar-refractivity contribution in [1.82, 2.24) is 10.6 Å². The van der Waals surface area contributed by atoms with Crippen LogP contribution in [0, 0.1) is 5.82 Å². The van der Waals surface area contributed by atoms with E-state index in [-0.39, 0.29) is 24.5 Å². The fourth-order valence-electron chi connectivity index (χ4n) is 2.93. The molecule has 158 valence electrons. The summed E-state index contributed by atoms with van der Waals surface area (Å²) in [5.41, 5.74) is 1.22. The molecule has 0 bridgehead atoms. The number of benzene rings is 2. The van der Waals surface area contributed by atoms with Crippen LogP contribution in [0.15, 0.2) is 48.5 Å². The maximum absolute atomic E-state index is 13.2. The molecular formula is C21H23FN4O4. The summed E-state index contributed by atoms with van der Waals surface area (Å²) in [7, 11) is 0. The number of amides is 4. The molecule has 9 heteroatoms. The zero-order chi connectivity index (χ0) is 21.3. The lowest BCUT2D eigenvalue weighted by atomic mass is 10.2. The van der Waals surface area contributed by atoms with E-state index >= 15 is 0 Å². The Morgan fingerprint density at radius 1 is 0.967 bits per heavy atom. The largest absolute Gasteiger partial charge is 0.368 e. The summed E-state index contributed by atoms with van der Waals surface area (Å²) in [6.07, 6.45) is 1.21. The summed E-state index contributed by atoms with van der Waals surface area (Å²) in [4.78, 5) is 35.9. The van der Waals surface area contributed by atoms with Crippen molar-refractivity contribution in [3.05, 3.63) is 59.9 Å². The van der Waals surface area contributed by atoms with Gasteiger partial charge in [-0.15, -0.1) is 0 Å². The van der Waals surface area contributed by atoms with Crippen molar-refractivity contribution in [2.45, 2.75) is 18.9 Å². The van der Waals surface area contributed by atoms with Crippen LogP contribution in [0.2, 0.25) is 0 Å². The van der Waals surface area contributed by atoms with E-state index in [9.17, 15) is 18.8 Å². The van der Waals surface area contributed by atoms with E-state index < -0.39 is 11.8 Å². The zero-order valence-corrected chi connectivity index (χ0v) is 16.2. The highest BCUT2D eigenvalue weighted by molar-refractivity contribution is 6.00. The number of carbonyl (C=O) groups excluding carboxylic acids is 3. The highest BCUT2D eigenvalue weighted by Gasteiger charge is 2.22. The molecule has 8 nitrogen and oxygen atoms in total. The molecular weight excluding hydrogens is 391 g/mol. The summed E-state index contributed by atoms with van der Waals surface area (Å²) in [5, 5.41) is 10.6. The van der Waals surface area contributed by atoms with Crippen LogP contribution < -0.4 is 21.3 Å². The number of halogens is 1. The zero-order valence-electron chi connectivity index (χ0n) is 16.2. The summed E-state index contributed by atoms with van der Waals surface area (Å²) in [6, 6.07) is 11.3. The lowest BCUT2D eigenvalue weighted by Gasteiger charge is -2.11. The fraction of sp³-hybridized carbons (Fsp3) is 0.286. The van der Waals surface area contributed by atoms with E-state index in [2.05, 4.69) is 21.3 Å². The van der Waals surface area contributed by atoms with Crippen LogP contribution in [0.3, 0.4) is 0 Å². The topological polar surface area (TPSA) is 109 Å². The Balaban J connectivity index is 1.40. The highest BCUT2D eigenvalue weighted by Crippen LogP contribution is 2.13. The minimum absolute atomic E-state index is 0.159. The molecule has 1 aliphatic heterocycles. The molecule has 1 aliphatic rings. The number of nitrogens with one attached hydrogen (secondary N) is 4. The summed E-state index contributed by atoms with van der Waals surface area (Å²) < 4.78 is 18.4. The normalized spacial score (nSPS) is 15.3. The predicted octanol–water partition coefficient (Wildman–Crippen LogP) is 2.49. The molecule has 1 fully saturated rings. The third kappa shape index (κ3) is 6.28. The van der Waals surface area contributed by atoms with Crippen LogP contribution in [0.4, 0.5) is 20.6 Å². The van der Waals surface area contributed by atoms with Crippen molar-refractivity contribution < 1.29 is 23.5 Å². The molecule has 1 atom stereocenters. The number of anilines is 2. The smallest absolute Gasteiger partial charge is 0.323 e. The van der Waals surface area contributed by atoms with E-state index in [1.54, 1.807) is 30.3 Å². The van der Waals surface area contributed by atoms with Crippen molar-refractivity contribution in [1.29, 1.82) is 0 Å². The molecule has 0 aliphatic carbocycles. The van der Waals surface area contributed by atoms with Crippen LogP contribution in [-0.2, 0) is 9.53 Å². The second kappa shape index (κ2) is 10.4. The molecule has 2 aromatic rings. The van der Waals surface area contributed by atoms with Gasteiger partial charge in [0.15, 0.2) is 0 Å². The number of urea groups is 1. The molecule has 4 amide bonds. The van der Waals surface area contributed by atoms with E-state index in [1.807, 2.05) is 0 Å². The van der Waals surface area contributed by atoms with Gasteiger partial charge in [0, 0.05) is 36.6 Å². The van der Waals surface area contributed by atoms with Crippen molar-refractivity contribution in [3.63, 3.8) is 0 Å². The first kappa shape index (κ1) is 21.3. The van der Waals surface area contributed by atoms with Crippen molar-refractivity contribution >= 4 is 29.2 Å². The van der Waals surface area contributed by atoms with E-state index in [0.717, 1.165) is 12.8 Å². The lowest BCUT2D eigenvalue weighted by Crippen LogP contribution is -2.39. The summed E-state index contributed by atoms with van der Waals surface area (Å²) in [6.45, 7) is 1.20. The third-order valence-electron chi connectivity index (χ3n) is 4.42. The van der Waals surface area contributed by atoms with E-state index in [1.165, 1.54) is 18.2 Å². The van der Waals surface area contributed by atoms with E-state index in [0.29, 0.717) is 30.1 Å². The Morgan fingerprint density at radius 2 is 1.70 bits per heavy atom. The second-order valence-electron chi connectivity index (χ2n) is 6.72. The van der Waals surface area contributed by atoms with Gasteiger partial charge < -0.3 is 26.0 Å². The first-order valence-corrected chi connectivity index (χ1v) is 9.62. The van der Waals surface area contributed by atoms with Gasteiger partial charge in [0.2, 0.25) is 5.91 Å². The first-order valence-electron chi connectivity index (χ1n) is 9.62. The van der Waals surface area contributed by atoms with E-state index in [4.69, 9.17) is 4.74 Å². The van der Waals surface area contributed by atoms with Crippen LogP contribution in [0.25, 0.3) is 0 Å². The Kier molecular flexibility index (Phi) is 7.34. The van der Waals surface area contributed by atoms with Crippen molar-refractivity contribution in [2.75, 3.05) is 30.3 Å². The van der Waals surface area contributed by atoms with Crippen LogP contribution in [-0.4, -0.2) is 43.6 Å². The second-order valence-corrected chi connectivity index (χ2v) is 6.72. The molecule has 1 unspecified atom stereocenters. The molecule has 1 heterocycles. The molecule has 1 saturated heterocycles. The maximum Gasteiger partial charge on any atom is 0.323 e. The van der Waals surface area contributed by atoms with Gasteiger partial charge in [-0.05, 0) is 55.3 Å². The van der Waals surface area contributed by atoms with Crippen LogP contribution in [0.5, 0.6) is 0 Å². The number of hydrogen-bond acceptors (Lipinski definition) is 4. The number of ether oxygens (including phenoxy) is 1. The molecule has 2 aromatic carbocycles. The SMILES string of the molecule is O=C(Nc1ccc(C(=O)NCCNC(=O)C2CCCO2)cc1)Nc1cccc(F)c1. The number of hydrogen-bond donors (Lipinski definition) is 4. The Hall–Kier alpha value is -3.46. The Morgan fingerprint density at radius 3 is 2.40 bits per heavy atom. The van der Waals surface area contributed by atoms with Crippen LogP contribution in [0.1, 0.15) is 23.2 Å².